The highest BCUT2D eigenvalue weighted by Crippen LogP contribution is 2.40. The molecule has 34 heteroatoms. The summed E-state index contributed by atoms with van der Waals surface area (Å²) < 4.78 is 30.5. The van der Waals surface area contributed by atoms with E-state index in [0.29, 0.717) is 33.8 Å². The predicted molar refractivity (Wildman–Crippen MR) is 461 cm³/mol. The van der Waals surface area contributed by atoms with Gasteiger partial charge in [0.2, 0.25) is 47.0 Å². The summed E-state index contributed by atoms with van der Waals surface area (Å²) in [5.74, 6) is -7.80. The number of carboxylic acid groups (broad SMARTS) is 1. The fourth-order valence-electron chi connectivity index (χ4n) is 15.6. The van der Waals surface area contributed by atoms with Crippen LogP contribution in [-0.4, -0.2) is 241 Å². The Kier molecular flexibility index (Phi) is 28.7. The zero-order valence-electron chi connectivity index (χ0n) is 74.0. The number of nitrogens with one attached hydrogen (secondary N) is 6. The monoisotopic (exact) mass is 1720 g/mol. The maximum atomic E-state index is 16.3. The van der Waals surface area contributed by atoms with Gasteiger partial charge in [0.25, 0.3) is 5.91 Å². The molecular weight excluding hydrogens is 1610 g/mol. The Bertz CT molecular complexity index is 5190. The molecule has 0 radical (unpaired) electrons. The number of fused-ring (bicyclic) bond motifs is 2. The number of hydrogen-bond acceptors (Lipinski definition) is 22. The number of aliphatic carboxylic acids is 1. The van der Waals surface area contributed by atoms with Crippen molar-refractivity contribution >= 4 is 92.9 Å². The topological polar surface area (TPSA) is 415 Å². The molecule has 12 unspecified atom stereocenters. The Morgan fingerprint density at radius 3 is 1.59 bits per heavy atom. The lowest BCUT2D eigenvalue weighted by Crippen LogP contribution is -2.70. The molecule has 2 fully saturated rings. The molecular formula is C91H116N16O18. The van der Waals surface area contributed by atoms with Gasteiger partial charge in [0, 0.05) is 59.3 Å². The van der Waals surface area contributed by atoms with Gasteiger partial charge >= 0.3 is 24.1 Å². The van der Waals surface area contributed by atoms with E-state index >= 15 is 28.8 Å². The summed E-state index contributed by atoms with van der Waals surface area (Å²) in [6.45, 7) is 22.8. The normalized spacial score (nSPS) is 21.7. The van der Waals surface area contributed by atoms with Crippen molar-refractivity contribution in [3.63, 3.8) is 0 Å². The van der Waals surface area contributed by atoms with Gasteiger partial charge in [-0.05, 0) is 147 Å². The van der Waals surface area contributed by atoms with Crippen molar-refractivity contribution in [2.75, 3.05) is 47.4 Å². The van der Waals surface area contributed by atoms with Crippen LogP contribution in [0.2, 0.25) is 0 Å². The molecule has 7 N–H and O–H groups in total. The standard InChI is InChI=1S/C91H116N16O18/c1-53(102(15)85(119)124-89(9,10)11)75(108)96-73(87(3,4)5)80(113)104-42-39-71-72(104)79(112)92-67(47-57-27-33-59-23-18-20-25-61(59)43-57)77(110)93-69(82(115)116)45-55-29-35-66(36-30-55)123-52-64-50-107(101-99-64)91(40-22-41-105(91)81(114)74(88(6,7)8)97-76(109)54(2)103(16)86(120)125-90(12,13)14)84(118)95-68(48-58-28-34-60-24-19-21-26-62(60)44-58)78(111)94-70(83(117)121-17)46-56-31-37-65(38-32-56)122-51-63-49-106(71)100-98-63/h18-21,23-38,43-44,49,53-54,64,67-74H,22,39-42,45-48,50-52H2,1-17H3,(H,92,112)(H,93,110)(H,94,111)(H,95,118)(H,96,108)(H,97,109)(H,115,116). The SMILES string of the molecule is COC(=O)C1Cc2ccc(cc2)OCc2cn(nn2)C2CCN(C(=O)C(NC(=O)C(C)N(C)C(=O)OC(C)(C)C)C(C)(C)C)C2C(=O)NC(Cc2ccc3ccccc3c2)C(=O)NC(C(=O)O)Cc2ccc(cc2)OCC2CN(N=N2)C2(CCCN2C(=O)C(NC(=O)C(C)N(C)C(=O)OC(C)(C)C)C(C)(C)C)C(=O)NC(Cc2ccc3ccccc3c2)C(=O)N1. The van der Waals surface area contributed by atoms with Crippen molar-refractivity contribution in [2.24, 2.45) is 21.2 Å². The number of carbonyl (C=O) groups is 12. The van der Waals surface area contributed by atoms with Crippen LogP contribution in [0, 0.1) is 10.8 Å². The molecule has 7 aliphatic heterocycles. The summed E-state index contributed by atoms with van der Waals surface area (Å²) >= 11 is 0. The van der Waals surface area contributed by atoms with Gasteiger partial charge in [0.1, 0.15) is 102 Å². The summed E-state index contributed by atoms with van der Waals surface area (Å²) in [5.41, 5.74) is -3.54. The Morgan fingerprint density at radius 2 is 1.09 bits per heavy atom. The first kappa shape index (κ1) is 92.9. The largest absolute Gasteiger partial charge is 0.491 e. The third kappa shape index (κ3) is 22.8. The fraction of sp³-hybridized carbons (Fsp3) is 0.495. The third-order valence-corrected chi connectivity index (χ3v) is 22.7. The van der Waals surface area contributed by atoms with Gasteiger partial charge in [-0.15, -0.1) is 5.10 Å². The molecule has 0 saturated carbocycles. The van der Waals surface area contributed by atoms with Crippen LogP contribution < -0.4 is 41.4 Å². The van der Waals surface area contributed by atoms with Crippen LogP contribution in [0.15, 0.2) is 150 Å². The molecule has 14 rings (SSSR count). The van der Waals surface area contributed by atoms with E-state index in [1.54, 1.807) is 144 Å². The lowest BCUT2D eigenvalue weighted by Gasteiger charge is -2.45. The van der Waals surface area contributed by atoms with E-state index in [0.717, 1.165) is 31.3 Å². The van der Waals surface area contributed by atoms with E-state index in [9.17, 15) is 33.9 Å². The first-order valence-electron chi connectivity index (χ1n) is 42.0. The smallest absolute Gasteiger partial charge is 0.410 e. The van der Waals surface area contributed by atoms with E-state index in [4.69, 9.17) is 23.7 Å². The lowest BCUT2D eigenvalue weighted by atomic mass is 9.85. The van der Waals surface area contributed by atoms with Crippen LogP contribution >= 0.6 is 0 Å². The molecule has 0 aliphatic carbocycles. The molecule has 1 aromatic heterocycles. The highest BCUT2D eigenvalue weighted by Gasteiger charge is 2.59. The predicted octanol–water partition coefficient (Wildman–Crippen LogP) is 8.11. The summed E-state index contributed by atoms with van der Waals surface area (Å²) in [6, 6.07) is 24.9. The van der Waals surface area contributed by atoms with Gasteiger partial charge in [0.05, 0.1) is 25.9 Å². The number of aromatic nitrogens is 3. The Labute approximate surface area is 726 Å². The summed E-state index contributed by atoms with van der Waals surface area (Å²) in [6.07, 6.45) is -0.526. The second-order valence-corrected chi connectivity index (χ2v) is 36.7. The van der Waals surface area contributed by atoms with E-state index in [1.807, 2.05) is 78.9 Å². The first-order valence-corrected chi connectivity index (χ1v) is 42.0. The van der Waals surface area contributed by atoms with Gasteiger partial charge in [-0.1, -0.05) is 161 Å². The van der Waals surface area contributed by atoms with Crippen molar-refractivity contribution < 1.29 is 86.3 Å². The molecule has 10 amide bonds. The molecule has 125 heavy (non-hydrogen) atoms. The minimum atomic E-state index is -2.08. The van der Waals surface area contributed by atoms with Crippen molar-refractivity contribution in [1.82, 2.24) is 71.5 Å². The number of likely N-dealkylation sites (N-methyl/N-ethyl adjacent to an activating group) is 2. The van der Waals surface area contributed by atoms with Crippen LogP contribution in [0.3, 0.4) is 0 Å². The minimum absolute atomic E-state index is 0.0550. The zero-order valence-corrected chi connectivity index (χ0v) is 74.0. The first-order chi connectivity index (χ1) is 58.9. The van der Waals surface area contributed by atoms with Gasteiger partial charge in [0.15, 0.2) is 0 Å². The number of nitrogens with zero attached hydrogens (tertiary/aromatic N) is 10. The molecule has 7 aliphatic rings. The number of amides is 10. The maximum Gasteiger partial charge on any atom is 0.410 e. The average Bonchev–Trinajstić information content (AvgIpc) is 1.60. The van der Waals surface area contributed by atoms with Gasteiger partial charge in [-0.25, -0.2) is 28.9 Å². The molecule has 8 bridgehead atoms. The van der Waals surface area contributed by atoms with Crippen molar-refractivity contribution in [3.05, 3.63) is 168 Å². The quantitative estimate of drug-likeness (QED) is 0.0399. The van der Waals surface area contributed by atoms with Crippen LogP contribution in [-0.2, 0) is 94.4 Å². The van der Waals surface area contributed by atoms with E-state index in [-0.39, 0.29) is 83.5 Å². The number of likely N-dealkylation sites (tertiary alicyclic amines) is 2. The number of ether oxygens (including phenoxy) is 5. The Balaban J connectivity index is 0.949. The summed E-state index contributed by atoms with van der Waals surface area (Å²) in [5, 5.41) is 51.2. The second kappa shape index (κ2) is 38.5. The minimum Gasteiger partial charge on any atom is -0.491 e. The van der Waals surface area contributed by atoms with Crippen molar-refractivity contribution in [2.45, 2.75) is 232 Å². The molecule has 6 aromatic carbocycles. The van der Waals surface area contributed by atoms with Gasteiger partial charge < -0.3 is 70.5 Å². The molecule has 1 spiro atoms. The van der Waals surface area contributed by atoms with Crippen LogP contribution in [0.5, 0.6) is 11.5 Å². The Hall–Kier alpha value is -12.8. The van der Waals surface area contributed by atoms with Gasteiger partial charge in [-0.2, -0.15) is 5.11 Å². The summed E-state index contributed by atoms with van der Waals surface area (Å²) in [4.78, 5) is 182. The van der Waals surface area contributed by atoms with Crippen molar-refractivity contribution in [3.8, 4) is 11.5 Å². The molecule has 668 valence electrons. The van der Waals surface area contributed by atoms with Gasteiger partial charge in [-0.3, -0.25) is 48.2 Å². The number of hydrogen-bond donors (Lipinski definition) is 7. The number of esters is 1. The molecule has 7 aromatic rings. The summed E-state index contributed by atoms with van der Waals surface area (Å²) in [7, 11) is 3.97. The van der Waals surface area contributed by atoms with Crippen LogP contribution in [0.4, 0.5) is 9.59 Å². The molecule has 12 atom stereocenters. The number of carbonyl (C=O) groups excluding carboxylic acids is 11. The number of carboxylic acids is 1. The highest BCUT2D eigenvalue weighted by atomic mass is 16.6. The average molecular weight is 1720 g/mol. The lowest BCUT2D eigenvalue weighted by molar-refractivity contribution is -0.162. The number of rotatable bonds is 14. The Morgan fingerprint density at radius 1 is 0.600 bits per heavy atom. The maximum absolute atomic E-state index is 16.3. The highest BCUT2D eigenvalue weighted by molar-refractivity contribution is 6.00. The zero-order chi connectivity index (χ0) is 90.9. The number of methoxy groups -OCH3 is 1. The second-order valence-electron chi connectivity index (χ2n) is 36.7. The molecule has 34 nitrogen and oxygen atoms in total. The third-order valence-electron chi connectivity index (χ3n) is 22.7. The van der Waals surface area contributed by atoms with E-state index in [2.05, 4.69) is 52.6 Å². The molecule has 2 saturated heterocycles. The van der Waals surface area contributed by atoms with E-state index in [1.165, 1.54) is 54.5 Å². The van der Waals surface area contributed by atoms with E-state index < -0.39 is 166 Å². The number of benzene rings is 6. The van der Waals surface area contributed by atoms with Crippen molar-refractivity contribution in [1.29, 1.82) is 0 Å². The van der Waals surface area contributed by atoms with Crippen LogP contribution in [0.25, 0.3) is 21.5 Å². The van der Waals surface area contributed by atoms with Crippen LogP contribution in [0.1, 0.15) is 150 Å². The molecule has 8 heterocycles. The fourth-order valence-corrected chi connectivity index (χ4v) is 15.6.